The monoisotopic (exact) mass is 465 g/mol. The quantitative estimate of drug-likeness (QED) is 0.379. The number of thiophene rings is 1. The SMILES string of the molecule is Nc1c(C(=O)Nc2cccc3cccnc23)sc2nc3c(cc12)CN(Cc1ccccc1)CC3. The van der Waals surface area contributed by atoms with E-state index in [0.29, 0.717) is 16.3 Å². The maximum atomic E-state index is 13.2. The van der Waals surface area contributed by atoms with E-state index in [1.807, 2.05) is 36.4 Å². The number of pyridine rings is 2. The van der Waals surface area contributed by atoms with E-state index < -0.39 is 0 Å². The Labute approximate surface area is 201 Å². The molecule has 5 aromatic rings. The highest BCUT2D eigenvalue weighted by molar-refractivity contribution is 7.21. The third-order valence-corrected chi connectivity index (χ3v) is 7.40. The number of para-hydroxylation sites is 1. The van der Waals surface area contributed by atoms with Crippen molar-refractivity contribution in [1.82, 2.24) is 14.9 Å². The van der Waals surface area contributed by atoms with Gasteiger partial charge in [0.1, 0.15) is 9.71 Å². The Morgan fingerprint density at radius 1 is 1.09 bits per heavy atom. The number of nitrogens with two attached hydrogens (primary N) is 1. The highest BCUT2D eigenvalue weighted by atomic mass is 32.1. The zero-order valence-corrected chi connectivity index (χ0v) is 19.3. The second-order valence-corrected chi connectivity index (χ2v) is 9.57. The molecule has 0 saturated heterocycles. The summed E-state index contributed by atoms with van der Waals surface area (Å²) in [6.07, 6.45) is 2.61. The minimum Gasteiger partial charge on any atom is -0.397 e. The number of rotatable bonds is 4. The molecule has 0 radical (unpaired) electrons. The van der Waals surface area contributed by atoms with Gasteiger partial charge < -0.3 is 11.1 Å². The van der Waals surface area contributed by atoms with Crippen molar-refractivity contribution in [2.45, 2.75) is 19.5 Å². The topological polar surface area (TPSA) is 84.1 Å². The van der Waals surface area contributed by atoms with E-state index in [9.17, 15) is 4.79 Å². The highest BCUT2D eigenvalue weighted by Gasteiger charge is 2.23. The zero-order valence-electron chi connectivity index (χ0n) is 18.5. The lowest BCUT2D eigenvalue weighted by Crippen LogP contribution is -2.30. The first-order valence-corrected chi connectivity index (χ1v) is 12.1. The summed E-state index contributed by atoms with van der Waals surface area (Å²) < 4.78 is 0. The van der Waals surface area contributed by atoms with Gasteiger partial charge in [0.05, 0.1) is 16.9 Å². The van der Waals surface area contributed by atoms with Gasteiger partial charge in [0, 0.05) is 48.7 Å². The van der Waals surface area contributed by atoms with E-state index in [2.05, 4.69) is 45.5 Å². The Hall–Kier alpha value is -3.81. The number of benzene rings is 2. The molecule has 6 nitrogen and oxygen atoms in total. The van der Waals surface area contributed by atoms with E-state index in [1.54, 1.807) is 6.20 Å². The fourth-order valence-corrected chi connectivity index (χ4v) is 5.58. The van der Waals surface area contributed by atoms with Crippen molar-refractivity contribution in [2.24, 2.45) is 0 Å². The normalized spacial score (nSPS) is 13.8. The van der Waals surface area contributed by atoms with Gasteiger partial charge in [0.15, 0.2) is 0 Å². The van der Waals surface area contributed by atoms with Crippen LogP contribution in [0.3, 0.4) is 0 Å². The van der Waals surface area contributed by atoms with Crippen LogP contribution in [0.15, 0.2) is 72.9 Å². The van der Waals surface area contributed by atoms with Gasteiger partial charge in [-0.1, -0.05) is 48.5 Å². The Balaban J connectivity index is 1.28. The number of nitrogens with one attached hydrogen (secondary N) is 1. The van der Waals surface area contributed by atoms with Crippen molar-refractivity contribution in [3.63, 3.8) is 0 Å². The molecule has 0 spiro atoms. The smallest absolute Gasteiger partial charge is 0.268 e. The molecule has 1 aliphatic rings. The Morgan fingerprint density at radius 3 is 2.82 bits per heavy atom. The zero-order chi connectivity index (χ0) is 23.1. The van der Waals surface area contributed by atoms with E-state index in [-0.39, 0.29) is 5.91 Å². The van der Waals surface area contributed by atoms with E-state index in [4.69, 9.17) is 10.7 Å². The number of carbonyl (C=O) groups excluding carboxylic acids is 1. The summed E-state index contributed by atoms with van der Waals surface area (Å²) in [5.41, 5.74) is 12.0. The molecule has 3 N–H and O–H groups in total. The van der Waals surface area contributed by atoms with Gasteiger partial charge in [-0.15, -0.1) is 11.3 Å². The number of fused-ring (bicyclic) bond motifs is 3. The molecular formula is C27H23N5OS. The van der Waals surface area contributed by atoms with Gasteiger partial charge >= 0.3 is 0 Å². The molecule has 0 atom stereocenters. The molecule has 3 aromatic heterocycles. The maximum Gasteiger partial charge on any atom is 0.268 e. The molecule has 0 aliphatic carbocycles. The number of nitrogen functional groups attached to an aromatic ring is 1. The second-order valence-electron chi connectivity index (χ2n) is 8.57. The van der Waals surface area contributed by atoms with Crippen LogP contribution in [-0.4, -0.2) is 27.3 Å². The maximum absolute atomic E-state index is 13.2. The number of carbonyl (C=O) groups is 1. The molecule has 0 fully saturated rings. The number of hydrogen-bond acceptors (Lipinski definition) is 6. The van der Waals surface area contributed by atoms with Gasteiger partial charge in [-0.3, -0.25) is 14.7 Å². The molecule has 4 heterocycles. The second kappa shape index (κ2) is 8.52. The molecule has 1 aliphatic heterocycles. The minimum atomic E-state index is -0.234. The van der Waals surface area contributed by atoms with Gasteiger partial charge in [-0.2, -0.15) is 0 Å². The van der Waals surface area contributed by atoms with E-state index in [1.165, 1.54) is 22.5 Å². The first-order chi connectivity index (χ1) is 16.7. The summed E-state index contributed by atoms with van der Waals surface area (Å²) in [4.78, 5) is 26.2. The summed E-state index contributed by atoms with van der Waals surface area (Å²) in [6.45, 7) is 2.69. The average Bonchev–Trinajstić information content (AvgIpc) is 3.19. The van der Waals surface area contributed by atoms with Crippen LogP contribution in [0, 0.1) is 0 Å². The molecule has 0 unspecified atom stereocenters. The first kappa shape index (κ1) is 20.8. The van der Waals surface area contributed by atoms with Crippen molar-refractivity contribution < 1.29 is 4.79 Å². The Kier molecular flexibility index (Phi) is 5.20. The van der Waals surface area contributed by atoms with E-state index >= 15 is 0 Å². The summed E-state index contributed by atoms with van der Waals surface area (Å²) in [5, 5.41) is 4.82. The number of aromatic nitrogens is 2. The van der Waals surface area contributed by atoms with Crippen molar-refractivity contribution >= 4 is 49.7 Å². The molecule has 34 heavy (non-hydrogen) atoms. The lowest BCUT2D eigenvalue weighted by atomic mass is 10.0. The van der Waals surface area contributed by atoms with E-state index in [0.717, 1.165) is 52.9 Å². The number of nitrogens with zero attached hydrogens (tertiary/aromatic N) is 3. The third-order valence-electron chi connectivity index (χ3n) is 6.28. The van der Waals surface area contributed by atoms with Crippen molar-refractivity contribution in [1.29, 1.82) is 0 Å². The van der Waals surface area contributed by atoms with Crippen LogP contribution in [0.1, 0.15) is 26.5 Å². The number of hydrogen-bond donors (Lipinski definition) is 2. The summed E-state index contributed by atoms with van der Waals surface area (Å²) in [7, 11) is 0. The number of anilines is 2. The highest BCUT2D eigenvalue weighted by Crippen LogP contribution is 2.36. The van der Waals surface area contributed by atoms with Crippen LogP contribution in [0.5, 0.6) is 0 Å². The predicted molar refractivity (Wildman–Crippen MR) is 138 cm³/mol. The Bertz CT molecular complexity index is 1520. The summed E-state index contributed by atoms with van der Waals surface area (Å²) >= 11 is 1.35. The third kappa shape index (κ3) is 3.79. The molecule has 0 bridgehead atoms. The molecule has 7 heteroatoms. The van der Waals surface area contributed by atoms with Crippen LogP contribution in [0.4, 0.5) is 11.4 Å². The van der Waals surface area contributed by atoms with Gasteiger partial charge in [-0.25, -0.2) is 4.98 Å². The molecule has 6 rings (SSSR count). The molecular weight excluding hydrogens is 442 g/mol. The largest absolute Gasteiger partial charge is 0.397 e. The van der Waals surface area contributed by atoms with Crippen LogP contribution < -0.4 is 11.1 Å². The first-order valence-electron chi connectivity index (χ1n) is 11.3. The average molecular weight is 466 g/mol. The van der Waals surface area contributed by atoms with Crippen molar-refractivity contribution in [2.75, 3.05) is 17.6 Å². The van der Waals surface area contributed by atoms with Gasteiger partial charge in [0.2, 0.25) is 0 Å². The van der Waals surface area contributed by atoms with Crippen LogP contribution in [0.25, 0.3) is 21.1 Å². The van der Waals surface area contributed by atoms with Crippen LogP contribution >= 0.6 is 11.3 Å². The Morgan fingerprint density at radius 2 is 1.94 bits per heavy atom. The van der Waals surface area contributed by atoms with Crippen molar-refractivity contribution in [3.8, 4) is 0 Å². The van der Waals surface area contributed by atoms with Gasteiger partial charge in [-0.05, 0) is 29.3 Å². The number of amides is 1. The van der Waals surface area contributed by atoms with Crippen LogP contribution in [-0.2, 0) is 19.5 Å². The standard InChI is InChI=1S/C27H23N5OS/c28-23-20-14-19-16-32(15-17-6-2-1-3-7-17)13-11-21(19)31-27(20)34-25(23)26(33)30-22-10-4-8-18-9-5-12-29-24(18)22/h1-10,12,14H,11,13,15-16,28H2,(H,30,33). The molecule has 2 aromatic carbocycles. The molecule has 1 amide bonds. The lowest BCUT2D eigenvalue weighted by molar-refractivity contribution is 0.103. The van der Waals surface area contributed by atoms with Crippen molar-refractivity contribution in [3.05, 3.63) is 94.6 Å². The lowest BCUT2D eigenvalue weighted by Gasteiger charge is -2.28. The summed E-state index contributed by atoms with van der Waals surface area (Å²) in [6, 6.07) is 22.2. The fraction of sp³-hybridized carbons (Fsp3) is 0.148. The van der Waals surface area contributed by atoms with Gasteiger partial charge in [0.25, 0.3) is 5.91 Å². The fourth-order valence-electron chi connectivity index (χ4n) is 4.59. The molecule has 168 valence electrons. The van der Waals surface area contributed by atoms with Crippen LogP contribution in [0.2, 0.25) is 0 Å². The molecule has 0 saturated carbocycles. The summed E-state index contributed by atoms with van der Waals surface area (Å²) in [5.74, 6) is -0.234. The minimum absolute atomic E-state index is 0.234. The predicted octanol–water partition coefficient (Wildman–Crippen LogP) is 5.24.